The highest BCUT2D eigenvalue weighted by molar-refractivity contribution is 9.10. The second kappa shape index (κ2) is 4.09. The number of rotatable bonds is 2. The smallest absolute Gasteiger partial charge is 0.164 e. The summed E-state index contributed by atoms with van der Waals surface area (Å²) in [5, 5.41) is 13.7. The molecule has 0 bridgehead atoms. The lowest BCUT2D eigenvalue weighted by Gasteiger charge is -2.05. The van der Waals surface area contributed by atoms with Crippen LogP contribution in [0, 0.1) is 0 Å². The van der Waals surface area contributed by atoms with E-state index in [4.69, 9.17) is 0 Å². The molecule has 0 spiro atoms. The van der Waals surface area contributed by atoms with Gasteiger partial charge < -0.3 is 5.11 Å². The molecule has 0 aliphatic heterocycles. The van der Waals surface area contributed by atoms with Crippen LogP contribution in [0.3, 0.4) is 0 Å². The van der Waals surface area contributed by atoms with E-state index in [9.17, 15) is 9.90 Å². The summed E-state index contributed by atoms with van der Waals surface area (Å²) in [7, 11) is 0. The van der Waals surface area contributed by atoms with Gasteiger partial charge in [0.25, 0.3) is 0 Å². The number of carbonyl (C=O) groups is 1. The van der Waals surface area contributed by atoms with Crippen LogP contribution in [0.25, 0.3) is 5.69 Å². The molecular formula is C11H9BrN2O2. The van der Waals surface area contributed by atoms with Crippen LogP contribution in [0.2, 0.25) is 0 Å². The van der Waals surface area contributed by atoms with E-state index in [2.05, 4.69) is 21.0 Å². The van der Waals surface area contributed by atoms with E-state index in [-0.39, 0.29) is 11.5 Å². The summed E-state index contributed by atoms with van der Waals surface area (Å²) in [6.45, 7) is 1.47. The summed E-state index contributed by atoms with van der Waals surface area (Å²) in [6, 6.07) is 6.80. The van der Waals surface area contributed by atoms with Gasteiger partial charge in [-0.3, -0.25) is 4.79 Å². The van der Waals surface area contributed by atoms with Gasteiger partial charge in [-0.2, -0.15) is 5.10 Å². The molecule has 16 heavy (non-hydrogen) atoms. The molecule has 0 aliphatic rings. The standard InChI is InChI=1S/C11H9BrN2O2/c1-7(15)8-6-13-14(11(8)12)9-4-2-3-5-10(9)16/h2-6,16H,1H3. The van der Waals surface area contributed by atoms with Crippen LogP contribution < -0.4 is 0 Å². The Labute approximate surface area is 101 Å². The van der Waals surface area contributed by atoms with Crippen molar-refractivity contribution in [2.24, 2.45) is 0 Å². The molecule has 0 saturated carbocycles. The average molecular weight is 281 g/mol. The van der Waals surface area contributed by atoms with Crippen LogP contribution in [-0.2, 0) is 0 Å². The van der Waals surface area contributed by atoms with Gasteiger partial charge in [0.1, 0.15) is 16.0 Å². The Morgan fingerprint density at radius 3 is 2.69 bits per heavy atom. The molecule has 0 fully saturated rings. The Balaban J connectivity index is 2.58. The number of hydrogen-bond acceptors (Lipinski definition) is 3. The summed E-state index contributed by atoms with van der Waals surface area (Å²) in [6.07, 6.45) is 1.47. The molecule has 0 unspecified atom stereocenters. The van der Waals surface area contributed by atoms with Crippen LogP contribution in [0.15, 0.2) is 35.1 Å². The Morgan fingerprint density at radius 1 is 1.44 bits per heavy atom. The zero-order chi connectivity index (χ0) is 11.7. The normalized spacial score (nSPS) is 10.4. The van der Waals surface area contributed by atoms with E-state index >= 15 is 0 Å². The molecule has 2 aromatic rings. The third kappa shape index (κ3) is 1.74. The van der Waals surface area contributed by atoms with Gasteiger partial charge in [0.05, 0.1) is 11.8 Å². The van der Waals surface area contributed by atoms with E-state index in [1.807, 2.05) is 0 Å². The highest BCUT2D eigenvalue weighted by Crippen LogP contribution is 2.26. The van der Waals surface area contributed by atoms with Crippen LogP contribution in [0.1, 0.15) is 17.3 Å². The van der Waals surface area contributed by atoms with Crippen molar-refractivity contribution in [2.45, 2.75) is 6.92 Å². The molecule has 0 aliphatic carbocycles. The SMILES string of the molecule is CC(=O)c1cnn(-c2ccccc2O)c1Br. The monoisotopic (exact) mass is 280 g/mol. The summed E-state index contributed by atoms with van der Waals surface area (Å²) in [5.41, 5.74) is 1.02. The highest BCUT2D eigenvalue weighted by Gasteiger charge is 2.14. The largest absolute Gasteiger partial charge is 0.506 e. The van der Waals surface area contributed by atoms with Crippen molar-refractivity contribution in [3.63, 3.8) is 0 Å². The summed E-state index contributed by atoms with van der Waals surface area (Å²) < 4.78 is 2.02. The Morgan fingerprint density at radius 2 is 2.12 bits per heavy atom. The van der Waals surface area contributed by atoms with Crippen molar-refractivity contribution in [2.75, 3.05) is 0 Å². The zero-order valence-corrected chi connectivity index (χ0v) is 10.1. The number of halogens is 1. The van der Waals surface area contributed by atoms with Gasteiger partial charge >= 0.3 is 0 Å². The first-order valence-electron chi connectivity index (χ1n) is 4.64. The molecular weight excluding hydrogens is 272 g/mol. The number of carbonyl (C=O) groups excluding carboxylic acids is 1. The number of benzene rings is 1. The van der Waals surface area contributed by atoms with E-state index in [0.717, 1.165) is 0 Å². The number of aromatic hydroxyl groups is 1. The van der Waals surface area contributed by atoms with Crippen LogP contribution >= 0.6 is 15.9 Å². The number of ketones is 1. The molecule has 4 nitrogen and oxygen atoms in total. The zero-order valence-electron chi connectivity index (χ0n) is 8.51. The van der Waals surface area contributed by atoms with Crippen molar-refractivity contribution in [1.29, 1.82) is 0 Å². The van der Waals surface area contributed by atoms with Crippen molar-refractivity contribution in [3.8, 4) is 11.4 Å². The highest BCUT2D eigenvalue weighted by atomic mass is 79.9. The van der Waals surface area contributed by atoms with E-state index in [1.54, 1.807) is 24.3 Å². The molecule has 0 amide bonds. The maximum Gasteiger partial charge on any atom is 0.164 e. The molecule has 82 valence electrons. The molecule has 1 aromatic carbocycles. The van der Waals surface area contributed by atoms with Crippen LogP contribution in [0.4, 0.5) is 0 Å². The van der Waals surface area contributed by atoms with Gasteiger partial charge in [-0.05, 0) is 35.0 Å². The predicted molar refractivity (Wildman–Crippen MR) is 62.9 cm³/mol. The average Bonchev–Trinajstić information content (AvgIpc) is 2.61. The van der Waals surface area contributed by atoms with Gasteiger partial charge in [0.15, 0.2) is 5.78 Å². The molecule has 1 aromatic heterocycles. The minimum atomic E-state index is -0.0754. The fourth-order valence-corrected chi connectivity index (χ4v) is 2.05. The Bertz CT molecular complexity index is 549. The second-order valence-electron chi connectivity index (χ2n) is 3.31. The van der Waals surface area contributed by atoms with Crippen molar-refractivity contribution >= 4 is 21.7 Å². The topological polar surface area (TPSA) is 55.1 Å². The maximum atomic E-state index is 11.2. The number of para-hydroxylation sites is 2. The Hall–Kier alpha value is -1.62. The number of hydrogen-bond donors (Lipinski definition) is 1. The summed E-state index contributed by atoms with van der Waals surface area (Å²) in [5.74, 6) is 0.0370. The molecule has 0 atom stereocenters. The number of nitrogens with zero attached hydrogens (tertiary/aromatic N) is 2. The van der Waals surface area contributed by atoms with Gasteiger partial charge in [0.2, 0.25) is 0 Å². The third-order valence-corrected chi connectivity index (χ3v) is 2.96. The fraction of sp³-hybridized carbons (Fsp3) is 0.0909. The molecule has 1 N–H and O–H groups in total. The van der Waals surface area contributed by atoms with Gasteiger partial charge in [-0.1, -0.05) is 12.1 Å². The minimum absolute atomic E-state index is 0.0754. The molecule has 1 heterocycles. The first kappa shape index (κ1) is 10.9. The minimum Gasteiger partial charge on any atom is -0.506 e. The summed E-state index contributed by atoms with van der Waals surface area (Å²) in [4.78, 5) is 11.2. The number of aromatic nitrogens is 2. The lowest BCUT2D eigenvalue weighted by atomic mass is 10.2. The quantitative estimate of drug-likeness (QED) is 0.861. The predicted octanol–water partition coefficient (Wildman–Crippen LogP) is 2.54. The van der Waals surface area contributed by atoms with Crippen molar-refractivity contribution in [1.82, 2.24) is 9.78 Å². The lowest BCUT2D eigenvalue weighted by Crippen LogP contribution is -1.98. The maximum absolute atomic E-state index is 11.2. The number of phenolic OH excluding ortho intramolecular Hbond substituents is 1. The molecule has 5 heteroatoms. The van der Waals surface area contributed by atoms with Crippen LogP contribution in [0.5, 0.6) is 5.75 Å². The van der Waals surface area contributed by atoms with E-state index in [1.165, 1.54) is 17.8 Å². The second-order valence-corrected chi connectivity index (χ2v) is 4.06. The van der Waals surface area contributed by atoms with Gasteiger partial charge in [-0.15, -0.1) is 0 Å². The first-order chi connectivity index (χ1) is 7.61. The van der Waals surface area contributed by atoms with Gasteiger partial charge in [-0.25, -0.2) is 4.68 Å². The van der Waals surface area contributed by atoms with Crippen LogP contribution in [-0.4, -0.2) is 20.7 Å². The fourth-order valence-electron chi connectivity index (χ4n) is 1.38. The Kier molecular flexibility index (Phi) is 2.78. The van der Waals surface area contributed by atoms with Crippen molar-refractivity contribution in [3.05, 3.63) is 40.6 Å². The lowest BCUT2D eigenvalue weighted by molar-refractivity contribution is 0.101. The first-order valence-corrected chi connectivity index (χ1v) is 5.43. The molecule has 0 saturated heterocycles. The summed E-state index contributed by atoms with van der Waals surface area (Å²) >= 11 is 3.29. The van der Waals surface area contributed by atoms with Crippen molar-refractivity contribution < 1.29 is 9.90 Å². The van der Waals surface area contributed by atoms with Gasteiger partial charge in [0, 0.05) is 0 Å². The molecule has 0 radical (unpaired) electrons. The van der Waals surface area contributed by atoms with E-state index < -0.39 is 0 Å². The van der Waals surface area contributed by atoms with E-state index in [0.29, 0.717) is 15.9 Å². The number of phenols is 1. The molecule has 2 rings (SSSR count). The third-order valence-electron chi connectivity index (χ3n) is 2.20. The number of Topliss-reactive ketones (excluding diaryl/α,β-unsaturated/α-hetero) is 1.